The molecule has 0 atom stereocenters. The monoisotopic (exact) mass is 251 g/mol. The molecular weight excluding hydrogens is 226 g/mol. The number of nitrogens with one attached hydrogen (secondary N) is 1. The largest absolute Gasteiger partial charge is 0.339 e. The van der Waals surface area contributed by atoms with Gasteiger partial charge in [-0.05, 0) is 38.6 Å². The van der Waals surface area contributed by atoms with Crippen LogP contribution >= 0.6 is 0 Å². The van der Waals surface area contributed by atoms with Gasteiger partial charge in [-0.1, -0.05) is 25.9 Å². The number of hydrogen-bond donors (Lipinski definition) is 1. The van der Waals surface area contributed by atoms with Crippen molar-refractivity contribution in [3.63, 3.8) is 0 Å². The molecule has 1 fully saturated rings. The Kier molecular flexibility index (Phi) is 4.75. The molecule has 1 aliphatic rings. The van der Waals surface area contributed by atoms with Crippen LogP contribution < -0.4 is 5.32 Å². The van der Waals surface area contributed by atoms with Crippen LogP contribution in [0.5, 0.6) is 0 Å². The average Bonchev–Trinajstić information content (AvgIpc) is 2.87. The third-order valence-corrected chi connectivity index (χ3v) is 3.73. The molecule has 2 rings (SSSR count). The van der Waals surface area contributed by atoms with Gasteiger partial charge in [0.1, 0.15) is 0 Å². The Labute approximate surface area is 110 Å². The Morgan fingerprint density at radius 2 is 2.00 bits per heavy atom. The van der Waals surface area contributed by atoms with Gasteiger partial charge in [0.05, 0.1) is 0 Å². The Balaban J connectivity index is 1.85. The Morgan fingerprint density at radius 3 is 2.56 bits per heavy atom. The van der Waals surface area contributed by atoms with Gasteiger partial charge in [-0.25, -0.2) is 0 Å². The fraction of sp³-hybridized carbons (Fsp3) is 0.857. The maximum Gasteiger partial charge on any atom is 0.229 e. The lowest BCUT2D eigenvalue weighted by Gasteiger charge is -2.27. The van der Waals surface area contributed by atoms with E-state index in [4.69, 9.17) is 4.52 Å². The highest BCUT2D eigenvalue weighted by atomic mass is 16.5. The van der Waals surface area contributed by atoms with Crippen molar-refractivity contribution >= 4 is 0 Å². The molecule has 1 N–H and O–H groups in total. The maximum absolute atomic E-state index is 5.40. The summed E-state index contributed by atoms with van der Waals surface area (Å²) < 4.78 is 5.40. The Morgan fingerprint density at radius 1 is 1.28 bits per heavy atom. The summed E-state index contributed by atoms with van der Waals surface area (Å²) in [6.45, 7) is 7.54. The summed E-state index contributed by atoms with van der Waals surface area (Å²) in [5.74, 6) is 2.53. The molecule has 0 saturated heterocycles. The van der Waals surface area contributed by atoms with Crippen molar-refractivity contribution in [1.29, 1.82) is 0 Å². The van der Waals surface area contributed by atoms with Gasteiger partial charge in [0.25, 0.3) is 0 Å². The smallest absolute Gasteiger partial charge is 0.229 e. The standard InChI is InChI=1S/C14H25N3O/c1-4-9-15-12-7-5-11(6-8-12)14-16-13(10(2)3)17-18-14/h10-12,15H,4-9H2,1-3H3. The van der Waals surface area contributed by atoms with E-state index in [1.165, 1.54) is 32.1 Å². The molecule has 18 heavy (non-hydrogen) atoms. The lowest BCUT2D eigenvalue weighted by Crippen LogP contribution is -2.33. The second-order valence-corrected chi connectivity index (χ2v) is 5.65. The molecule has 1 saturated carbocycles. The zero-order chi connectivity index (χ0) is 13.0. The average molecular weight is 251 g/mol. The lowest BCUT2D eigenvalue weighted by atomic mass is 9.86. The zero-order valence-corrected chi connectivity index (χ0v) is 11.8. The van der Waals surface area contributed by atoms with Gasteiger partial charge in [0.2, 0.25) is 5.89 Å². The van der Waals surface area contributed by atoms with Gasteiger partial charge in [0, 0.05) is 17.9 Å². The van der Waals surface area contributed by atoms with Crippen molar-refractivity contribution in [3.05, 3.63) is 11.7 Å². The predicted octanol–water partition coefficient (Wildman–Crippen LogP) is 3.22. The Hall–Kier alpha value is -0.900. The van der Waals surface area contributed by atoms with Crippen LogP contribution in [0.1, 0.15) is 76.4 Å². The summed E-state index contributed by atoms with van der Waals surface area (Å²) in [5.41, 5.74) is 0. The molecule has 0 unspecified atom stereocenters. The molecule has 0 aliphatic heterocycles. The van der Waals surface area contributed by atoms with Gasteiger partial charge in [-0.2, -0.15) is 4.98 Å². The van der Waals surface area contributed by atoms with Gasteiger partial charge < -0.3 is 9.84 Å². The fourth-order valence-electron chi connectivity index (χ4n) is 2.54. The first-order valence-corrected chi connectivity index (χ1v) is 7.27. The number of aromatic nitrogens is 2. The minimum absolute atomic E-state index is 0.352. The summed E-state index contributed by atoms with van der Waals surface area (Å²) in [7, 11) is 0. The highest BCUT2D eigenvalue weighted by molar-refractivity contribution is 4.99. The van der Waals surface area contributed by atoms with E-state index in [0.29, 0.717) is 17.9 Å². The van der Waals surface area contributed by atoms with E-state index in [1.807, 2.05) is 0 Å². The minimum Gasteiger partial charge on any atom is -0.339 e. The van der Waals surface area contributed by atoms with E-state index in [-0.39, 0.29) is 0 Å². The zero-order valence-electron chi connectivity index (χ0n) is 11.8. The summed E-state index contributed by atoms with van der Waals surface area (Å²) in [6, 6.07) is 0.689. The van der Waals surface area contributed by atoms with Crippen LogP contribution in [0, 0.1) is 0 Å². The molecule has 0 aromatic carbocycles. The van der Waals surface area contributed by atoms with Gasteiger partial charge in [0.15, 0.2) is 5.82 Å². The Bertz CT molecular complexity index is 354. The van der Waals surface area contributed by atoms with Crippen LogP contribution in [0.3, 0.4) is 0 Å². The summed E-state index contributed by atoms with van der Waals surface area (Å²) in [6.07, 6.45) is 6.00. The first-order valence-electron chi connectivity index (χ1n) is 7.27. The van der Waals surface area contributed by atoms with Crippen molar-refractivity contribution < 1.29 is 4.52 Å². The summed E-state index contributed by atoms with van der Waals surface area (Å²) in [4.78, 5) is 4.52. The van der Waals surface area contributed by atoms with Crippen molar-refractivity contribution in [2.24, 2.45) is 0 Å². The van der Waals surface area contributed by atoms with Crippen molar-refractivity contribution in [2.75, 3.05) is 6.54 Å². The van der Waals surface area contributed by atoms with E-state index < -0.39 is 0 Å². The van der Waals surface area contributed by atoms with Crippen LogP contribution in [0.2, 0.25) is 0 Å². The summed E-state index contributed by atoms with van der Waals surface area (Å²) in [5, 5.41) is 7.66. The normalized spacial score (nSPS) is 24.7. The SMILES string of the molecule is CCCNC1CCC(c2nc(C(C)C)no2)CC1. The van der Waals surface area contributed by atoms with E-state index in [2.05, 4.69) is 36.2 Å². The molecule has 4 nitrogen and oxygen atoms in total. The molecular formula is C14H25N3O. The molecule has 1 aromatic heterocycles. The van der Waals surface area contributed by atoms with Gasteiger partial charge in [-0.3, -0.25) is 0 Å². The maximum atomic E-state index is 5.40. The van der Waals surface area contributed by atoms with Crippen LogP contribution in [0.4, 0.5) is 0 Å². The second-order valence-electron chi connectivity index (χ2n) is 5.65. The predicted molar refractivity (Wildman–Crippen MR) is 71.7 cm³/mol. The lowest BCUT2D eigenvalue weighted by molar-refractivity contribution is 0.282. The van der Waals surface area contributed by atoms with Crippen LogP contribution in [0.25, 0.3) is 0 Å². The molecule has 1 heterocycles. The number of nitrogens with zero attached hydrogens (tertiary/aromatic N) is 2. The summed E-state index contributed by atoms with van der Waals surface area (Å²) >= 11 is 0. The topological polar surface area (TPSA) is 51.0 Å². The molecule has 0 spiro atoms. The minimum atomic E-state index is 0.352. The number of rotatable bonds is 5. The van der Waals surface area contributed by atoms with Crippen LogP contribution in [-0.4, -0.2) is 22.7 Å². The molecule has 0 bridgehead atoms. The van der Waals surface area contributed by atoms with Crippen LogP contribution in [0.15, 0.2) is 4.52 Å². The molecule has 102 valence electrons. The van der Waals surface area contributed by atoms with Crippen molar-refractivity contribution in [2.45, 2.75) is 70.8 Å². The first kappa shape index (κ1) is 13.5. The van der Waals surface area contributed by atoms with E-state index in [9.17, 15) is 0 Å². The molecule has 0 radical (unpaired) electrons. The third kappa shape index (κ3) is 3.31. The van der Waals surface area contributed by atoms with E-state index in [0.717, 1.165) is 18.3 Å². The highest BCUT2D eigenvalue weighted by Gasteiger charge is 2.26. The van der Waals surface area contributed by atoms with Gasteiger partial charge >= 0.3 is 0 Å². The molecule has 4 heteroatoms. The van der Waals surface area contributed by atoms with Crippen molar-refractivity contribution in [1.82, 2.24) is 15.5 Å². The third-order valence-electron chi connectivity index (χ3n) is 3.73. The molecule has 1 aromatic rings. The molecule has 0 amide bonds. The number of hydrogen-bond acceptors (Lipinski definition) is 4. The van der Waals surface area contributed by atoms with Crippen molar-refractivity contribution in [3.8, 4) is 0 Å². The van der Waals surface area contributed by atoms with E-state index in [1.54, 1.807) is 0 Å². The van der Waals surface area contributed by atoms with Crippen LogP contribution in [-0.2, 0) is 0 Å². The highest BCUT2D eigenvalue weighted by Crippen LogP contribution is 2.32. The quantitative estimate of drug-likeness (QED) is 0.873. The second kappa shape index (κ2) is 6.32. The first-order chi connectivity index (χ1) is 8.70. The van der Waals surface area contributed by atoms with E-state index >= 15 is 0 Å². The fourth-order valence-corrected chi connectivity index (χ4v) is 2.54. The van der Waals surface area contributed by atoms with Gasteiger partial charge in [-0.15, -0.1) is 0 Å². The molecule has 1 aliphatic carbocycles.